The molecule has 2 aromatic heterocycles. The van der Waals surface area contributed by atoms with Crippen LogP contribution in [-0.4, -0.2) is 30.7 Å². The van der Waals surface area contributed by atoms with Gasteiger partial charge in [0.25, 0.3) is 5.78 Å². The molecule has 0 spiro atoms. The Morgan fingerprint density at radius 2 is 2.27 bits per heavy atom. The van der Waals surface area contributed by atoms with Crippen molar-refractivity contribution in [3.8, 4) is 0 Å². The molecule has 0 atom stereocenters. The first-order valence-electron chi connectivity index (χ1n) is 4.69. The van der Waals surface area contributed by atoms with Crippen LogP contribution in [0.25, 0.3) is 5.78 Å². The van der Waals surface area contributed by atoms with Gasteiger partial charge in [0, 0.05) is 18.3 Å². The third-order valence-corrected chi connectivity index (χ3v) is 2.48. The molecule has 0 bridgehead atoms. The highest BCUT2D eigenvalue weighted by Crippen LogP contribution is 2.38. The van der Waals surface area contributed by atoms with Crippen LogP contribution in [-0.2, 0) is 0 Å². The smallest absolute Gasteiger partial charge is 0.338 e. The van der Waals surface area contributed by atoms with E-state index in [1.165, 1.54) is 12.4 Å². The standard InChI is InChI=1S/C9H8N4O2/c14-8(15)6-3-10-9-12-11-7(5-1-2-5)13(9)4-6/h3-5H,1-2H2,(H,14,15). The highest BCUT2D eigenvalue weighted by Gasteiger charge is 2.29. The minimum absolute atomic E-state index is 0.157. The van der Waals surface area contributed by atoms with Gasteiger partial charge in [0.05, 0.1) is 5.56 Å². The van der Waals surface area contributed by atoms with E-state index in [0.29, 0.717) is 11.7 Å². The van der Waals surface area contributed by atoms with E-state index in [0.717, 1.165) is 18.7 Å². The molecule has 3 rings (SSSR count). The molecule has 1 aliphatic rings. The average Bonchev–Trinajstić information content (AvgIpc) is 2.98. The number of carboxylic acid groups (broad SMARTS) is 1. The molecule has 0 unspecified atom stereocenters. The number of hydrogen-bond donors (Lipinski definition) is 1. The Bertz CT molecular complexity index is 544. The SMILES string of the molecule is O=C(O)c1cnc2nnc(C3CC3)n2c1. The lowest BCUT2D eigenvalue weighted by Gasteiger charge is -1.97. The Hall–Kier alpha value is -1.98. The molecule has 0 aromatic carbocycles. The number of aromatic nitrogens is 4. The number of rotatable bonds is 2. The van der Waals surface area contributed by atoms with Gasteiger partial charge in [-0.05, 0) is 12.8 Å². The van der Waals surface area contributed by atoms with Crippen LogP contribution in [0.1, 0.15) is 34.9 Å². The molecule has 2 aromatic rings. The molecule has 0 amide bonds. The third kappa shape index (κ3) is 1.25. The van der Waals surface area contributed by atoms with Crippen molar-refractivity contribution in [1.29, 1.82) is 0 Å². The van der Waals surface area contributed by atoms with Crippen LogP contribution in [0, 0.1) is 0 Å². The first kappa shape index (κ1) is 8.34. The molecular formula is C9H8N4O2. The van der Waals surface area contributed by atoms with E-state index in [-0.39, 0.29) is 5.56 Å². The van der Waals surface area contributed by atoms with Crippen LogP contribution in [0.2, 0.25) is 0 Å². The molecule has 6 nitrogen and oxygen atoms in total. The van der Waals surface area contributed by atoms with Crippen molar-refractivity contribution >= 4 is 11.7 Å². The molecule has 76 valence electrons. The number of fused-ring (bicyclic) bond motifs is 1. The van der Waals surface area contributed by atoms with Gasteiger partial charge in [-0.3, -0.25) is 4.40 Å². The minimum atomic E-state index is -0.986. The van der Waals surface area contributed by atoms with Gasteiger partial charge in [-0.2, -0.15) is 0 Å². The lowest BCUT2D eigenvalue weighted by Crippen LogP contribution is -2.02. The maximum atomic E-state index is 10.8. The van der Waals surface area contributed by atoms with Crippen LogP contribution in [0.5, 0.6) is 0 Å². The zero-order valence-electron chi connectivity index (χ0n) is 7.79. The van der Waals surface area contributed by atoms with E-state index in [1.54, 1.807) is 4.40 Å². The third-order valence-electron chi connectivity index (χ3n) is 2.48. The fourth-order valence-electron chi connectivity index (χ4n) is 1.54. The second-order valence-corrected chi connectivity index (χ2v) is 3.65. The summed E-state index contributed by atoms with van der Waals surface area (Å²) in [5.74, 6) is 0.716. The van der Waals surface area contributed by atoms with Crippen LogP contribution in [0.4, 0.5) is 0 Å². The average molecular weight is 204 g/mol. The van der Waals surface area contributed by atoms with Crippen molar-refractivity contribution in [2.24, 2.45) is 0 Å². The van der Waals surface area contributed by atoms with E-state index >= 15 is 0 Å². The molecule has 1 N–H and O–H groups in total. The predicted molar refractivity (Wildman–Crippen MR) is 49.7 cm³/mol. The Balaban J connectivity index is 2.21. The predicted octanol–water partition coefficient (Wildman–Crippen LogP) is 0.700. The summed E-state index contributed by atoms with van der Waals surface area (Å²) in [7, 11) is 0. The number of carbonyl (C=O) groups is 1. The Kier molecular flexibility index (Phi) is 1.53. The molecule has 1 fully saturated rings. The zero-order chi connectivity index (χ0) is 10.4. The highest BCUT2D eigenvalue weighted by atomic mass is 16.4. The fraction of sp³-hybridized carbons (Fsp3) is 0.333. The summed E-state index contributed by atoms with van der Waals surface area (Å²) in [6.07, 6.45) is 5.01. The summed E-state index contributed by atoms with van der Waals surface area (Å²) in [5, 5.41) is 16.7. The molecule has 2 heterocycles. The summed E-state index contributed by atoms with van der Waals surface area (Å²) in [6, 6.07) is 0. The van der Waals surface area contributed by atoms with Gasteiger partial charge in [0.15, 0.2) is 0 Å². The highest BCUT2D eigenvalue weighted by molar-refractivity contribution is 5.87. The van der Waals surface area contributed by atoms with Gasteiger partial charge < -0.3 is 5.11 Å². The molecule has 1 saturated carbocycles. The lowest BCUT2D eigenvalue weighted by atomic mass is 10.3. The van der Waals surface area contributed by atoms with Crippen molar-refractivity contribution in [2.75, 3.05) is 0 Å². The van der Waals surface area contributed by atoms with E-state index in [1.807, 2.05) is 0 Å². The van der Waals surface area contributed by atoms with Crippen molar-refractivity contribution in [3.63, 3.8) is 0 Å². The molecule has 1 aliphatic carbocycles. The molecule has 0 aliphatic heterocycles. The largest absolute Gasteiger partial charge is 0.478 e. The van der Waals surface area contributed by atoms with E-state index in [2.05, 4.69) is 15.2 Å². The fourth-order valence-corrected chi connectivity index (χ4v) is 1.54. The van der Waals surface area contributed by atoms with Crippen molar-refractivity contribution < 1.29 is 9.90 Å². The minimum Gasteiger partial charge on any atom is -0.478 e. The monoisotopic (exact) mass is 204 g/mol. The van der Waals surface area contributed by atoms with E-state index in [9.17, 15) is 4.79 Å². The Morgan fingerprint density at radius 1 is 1.47 bits per heavy atom. The maximum Gasteiger partial charge on any atom is 0.338 e. The zero-order valence-corrected chi connectivity index (χ0v) is 7.79. The summed E-state index contributed by atoms with van der Waals surface area (Å²) >= 11 is 0. The molecule has 6 heteroatoms. The first-order valence-corrected chi connectivity index (χ1v) is 4.69. The number of carboxylic acids is 1. The molecular weight excluding hydrogens is 196 g/mol. The second kappa shape index (κ2) is 2.75. The van der Waals surface area contributed by atoms with Crippen LogP contribution >= 0.6 is 0 Å². The molecule has 15 heavy (non-hydrogen) atoms. The quantitative estimate of drug-likeness (QED) is 0.778. The summed E-state index contributed by atoms with van der Waals surface area (Å²) in [5.41, 5.74) is 0.157. The number of aromatic carboxylic acids is 1. The summed E-state index contributed by atoms with van der Waals surface area (Å²) in [6.45, 7) is 0. The number of hydrogen-bond acceptors (Lipinski definition) is 4. The number of nitrogens with zero attached hydrogens (tertiary/aromatic N) is 4. The van der Waals surface area contributed by atoms with Gasteiger partial charge in [0.2, 0.25) is 0 Å². The lowest BCUT2D eigenvalue weighted by molar-refractivity contribution is 0.0696. The van der Waals surface area contributed by atoms with E-state index < -0.39 is 5.97 Å². The van der Waals surface area contributed by atoms with Crippen LogP contribution in [0.3, 0.4) is 0 Å². The Morgan fingerprint density at radius 3 is 2.93 bits per heavy atom. The second-order valence-electron chi connectivity index (χ2n) is 3.65. The topological polar surface area (TPSA) is 80.4 Å². The van der Waals surface area contributed by atoms with Crippen molar-refractivity contribution in [2.45, 2.75) is 18.8 Å². The Labute approximate surface area is 84.6 Å². The molecule has 0 saturated heterocycles. The van der Waals surface area contributed by atoms with Gasteiger partial charge in [-0.1, -0.05) is 0 Å². The van der Waals surface area contributed by atoms with Gasteiger partial charge in [0.1, 0.15) is 5.82 Å². The van der Waals surface area contributed by atoms with Crippen molar-refractivity contribution in [1.82, 2.24) is 19.6 Å². The normalized spacial score (nSPS) is 15.7. The summed E-state index contributed by atoms with van der Waals surface area (Å²) < 4.78 is 1.67. The summed E-state index contributed by atoms with van der Waals surface area (Å²) in [4.78, 5) is 14.7. The van der Waals surface area contributed by atoms with Gasteiger partial charge >= 0.3 is 5.97 Å². The van der Waals surface area contributed by atoms with Gasteiger partial charge in [-0.15, -0.1) is 10.2 Å². The first-order chi connectivity index (χ1) is 7.25. The van der Waals surface area contributed by atoms with Crippen molar-refractivity contribution in [3.05, 3.63) is 23.8 Å². The van der Waals surface area contributed by atoms with Gasteiger partial charge in [-0.25, -0.2) is 9.78 Å². The van der Waals surface area contributed by atoms with Crippen LogP contribution < -0.4 is 0 Å². The van der Waals surface area contributed by atoms with E-state index in [4.69, 9.17) is 5.11 Å². The maximum absolute atomic E-state index is 10.8. The molecule has 0 radical (unpaired) electrons. The van der Waals surface area contributed by atoms with Crippen LogP contribution in [0.15, 0.2) is 12.4 Å².